The van der Waals surface area contributed by atoms with Gasteiger partial charge in [-0.1, -0.05) is 13.8 Å². The molecule has 0 bridgehead atoms. The average Bonchev–Trinajstić information content (AvgIpc) is 1.89. The molecular formula is C9H16S. The van der Waals surface area contributed by atoms with Crippen LogP contribution in [0.1, 0.15) is 33.1 Å². The van der Waals surface area contributed by atoms with Crippen LogP contribution in [-0.4, -0.2) is 11.0 Å². The highest BCUT2D eigenvalue weighted by Gasteiger charge is 2.13. The Balaban J connectivity index is 3.39. The lowest BCUT2D eigenvalue weighted by Crippen LogP contribution is -2.12. The lowest BCUT2D eigenvalue weighted by atomic mass is 10.1. The quantitative estimate of drug-likeness (QED) is 0.445. The Hall–Kier alpha value is -0.0900. The third kappa shape index (κ3) is 4.76. The minimum Gasteiger partial charge on any atom is -0.159 e. The fraction of sp³-hybridized carbons (Fsp3) is 0.778. The Bertz CT molecular complexity index is 119. The molecule has 0 spiro atoms. The van der Waals surface area contributed by atoms with Gasteiger partial charge in [0.15, 0.2) is 0 Å². The normalized spacial score (nSPS) is 11.0. The van der Waals surface area contributed by atoms with Crippen LogP contribution in [0.15, 0.2) is 0 Å². The van der Waals surface area contributed by atoms with Crippen molar-refractivity contribution in [3.8, 4) is 12.3 Å². The van der Waals surface area contributed by atoms with Crippen LogP contribution >= 0.6 is 11.8 Å². The third-order valence-electron chi connectivity index (χ3n) is 1.65. The molecule has 0 saturated heterocycles. The summed E-state index contributed by atoms with van der Waals surface area (Å²) >= 11 is 1.91. The molecule has 0 N–H and O–H groups in total. The van der Waals surface area contributed by atoms with E-state index in [1.54, 1.807) is 0 Å². The second-order valence-electron chi connectivity index (χ2n) is 3.02. The predicted octanol–water partition coefficient (Wildman–Crippen LogP) is 2.93. The molecule has 0 heterocycles. The number of terminal acetylenes is 1. The third-order valence-corrected chi connectivity index (χ3v) is 2.96. The molecule has 0 nitrogen and oxygen atoms in total. The van der Waals surface area contributed by atoms with Gasteiger partial charge in [-0.05, 0) is 19.1 Å². The molecule has 0 atom stereocenters. The van der Waals surface area contributed by atoms with Crippen LogP contribution in [0.4, 0.5) is 0 Å². The molecule has 1 heteroatoms. The molecule has 0 fully saturated rings. The highest BCUT2D eigenvalue weighted by Crippen LogP contribution is 2.26. The van der Waals surface area contributed by atoms with Gasteiger partial charge >= 0.3 is 0 Å². The van der Waals surface area contributed by atoms with Crippen molar-refractivity contribution in [2.75, 3.05) is 6.26 Å². The van der Waals surface area contributed by atoms with Crippen molar-refractivity contribution < 1.29 is 0 Å². The van der Waals surface area contributed by atoms with Crippen LogP contribution in [-0.2, 0) is 0 Å². The summed E-state index contributed by atoms with van der Waals surface area (Å²) in [4.78, 5) is 0. The highest BCUT2D eigenvalue weighted by atomic mass is 32.2. The van der Waals surface area contributed by atoms with Gasteiger partial charge in [0, 0.05) is 11.2 Å². The summed E-state index contributed by atoms with van der Waals surface area (Å²) in [6, 6.07) is 0. The Kier molecular flexibility index (Phi) is 4.64. The van der Waals surface area contributed by atoms with Crippen molar-refractivity contribution in [1.29, 1.82) is 0 Å². The molecular weight excluding hydrogens is 140 g/mol. The summed E-state index contributed by atoms with van der Waals surface area (Å²) in [5.74, 6) is 2.66. The Morgan fingerprint density at radius 2 is 2.10 bits per heavy atom. The molecule has 0 aromatic heterocycles. The van der Waals surface area contributed by atoms with E-state index in [2.05, 4.69) is 26.0 Å². The van der Waals surface area contributed by atoms with Crippen molar-refractivity contribution in [3.63, 3.8) is 0 Å². The van der Waals surface area contributed by atoms with Crippen molar-refractivity contribution in [2.45, 2.75) is 37.9 Å². The zero-order valence-electron chi connectivity index (χ0n) is 7.11. The zero-order valence-corrected chi connectivity index (χ0v) is 7.92. The molecule has 0 aliphatic carbocycles. The number of rotatable bonds is 4. The smallest absolute Gasteiger partial charge is 0.0101 e. The zero-order chi connectivity index (χ0) is 8.04. The van der Waals surface area contributed by atoms with Crippen molar-refractivity contribution in [3.05, 3.63) is 0 Å². The van der Waals surface area contributed by atoms with E-state index in [1.807, 2.05) is 11.8 Å². The van der Waals surface area contributed by atoms with E-state index in [9.17, 15) is 0 Å². The average molecular weight is 156 g/mol. The Labute approximate surface area is 68.8 Å². The monoisotopic (exact) mass is 156 g/mol. The van der Waals surface area contributed by atoms with E-state index < -0.39 is 0 Å². The maximum atomic E-state index is 5.14. The summed E-state index contributed by atoms with van der Waals surface area (Å²) in [7, 11) is 0. The molecule has 0 aromatic carbocycles. The first-order valence-electron chi connectivity index (χ1n) is 3.61. The lowest BCUT2D eigenvalue weighted by Gasteiger charge is -2.20. The van der Waals surface area contributed by atoms with Gasteiger partial charge in [-0.15, -0.1) is 12.3 Å². The Morgan fingerprint density at radius 1 is 1.50 bits per heavy atom. The summed E-state index contributed by atoms with van der Waals surface area (Å²) in [6.07, 6.45) is 10.6. The molecule has 0 radical (unpaired) electrons. The molecule has 0 unspecified atom stereocenters. The number of thioether (sulfide) groups is 1. The minimum atomic E-state index is 0.414. The molecule has 0 aliphatic heterocycles. The molecule has 0 saturated carbocycles. The predicted molar refractivity (Wildman–Crippen MR) is 50.3 cm³/mol. The van der Waals surface area contributed by atoms with Gasteiger partial charge in [0.05, 0.1) is 0 Å². The summed E-state index contributed by atoms with van der Waals surface area (Å²) < 4.78 is 0.414. The largest absolute Gasteiger partial charge is 0.159 e. The van der Waals surface area contributed by atoms with Crippen LogP contribution in [0.2, 0.25) is 0 Å². The molecule has 0 aliphatic rings. The first-order chi connectivity index (χ1) is 4.62. The lowest BCUT2D eigenvalue weighted by molar-refractivity contribution is 0.611. The minimum absolute atomic E-state index is 0.414. The number of unbranched alkanes of at least 4 members (excludes halogenated alkanes) is 1. The summed E-state index contributed by atoms with van der Waals surface area (Å²) in [5.41, 5.74) is 0. The molecule has 0 aromatic rings. The second kappa shape index (κ2) is 4.68. The first-order valence-corrected chi connectivity index (χ1v) is 4.83. The highest BCUT2D eigenvalue weighted by molar-refractivity contribution is 7.99. The second-order valence-corrected chi connectivity index (χ2v) is 4.53. The van der Waals surface area contributed by atoms with Gasteiger partial charge in [-0.25, -0.2) is 0 Å². The van der Waals surface area contributed by atoms with Crippen LogP contribution < -0.4 is 0 Å². The fourth-order valence-electron chi connectivity index (χ4n) is 0.718. The van der Waals surface area contributed by atoms with E-state index in [0.717, 1.165) is 12.8 Å². The fourth-order valence-corrected chi connectivity index (χ4v) is 1.07. The van der Waals surface area contributed by atoms with Crippen LogP contribution in [0, 0.1) is 12.3 Å². The van der Waals surface area contributed by atoms with E-state index in [-0.39, 0.29) is 0 Å². The SMILES string of the molecule is C#CCCCC(C)(C)SC. The Morgan fingerprint density at radius 3 is 2.50 bits per heavy atom. The van der Waals surface area contributed by atoms with Gasteiger partial charge in [0.2, 0.25) is 0 Å². The van der Waals surface area contributed by atoms with Gasteiger partial charge in [0.25, 0.3) is 0 Å². The van der Waals surface area contributed by atoms with E-state index in [0.29, 0.717) is 4.75 Å². The summed E-state index contributed by atoms with van der Waals surface area (Å²) in [6.45, 7) is 4.52. The molecule has 10 heavy (non-hydrogen) atoms. The van der Waals surface area contributed by atoms with Gasteiger partial charge in [-0.3, -0.25) is 0 Å². The molecule has 58 valence electrons. The standard InChI is InChI=1S/C9H16S/c1-5-6-7-8-9(2,3)10-4/h1H,6-8H2,2-4H3. The topological polar surface area (TPSA) is 0 Å². The first kappa shape index (κ1) is 9.91. The van der Waals surface area contributed by atoms with Gasteiger partial charge < -0.3 is 0 Å². The maximum absolute atomic E-state index is 5.14. The van der Waals surface area contributed by atoms with Crippen molar-refractivity contribution in [1.82, 2.24) is 0 Å². The van der Waals surface area contributed by atoms with Crippen LogP contribution in [0.25, 0.3) is 0 Å². The summed E-state index contributed by atoms with van der Waals surface area (Å²) in [5, 5.41) is 0. The van der Waals surface area contributed by atoms with Crippen LogP contribution in [0.5, 0.6) is 0 Å². The molecule has 0 amide bonds. The number of hydrogen-bond donors (Lipinski definition) is 0. The van der Waals surface area contributed by atoms with E-state index in [1.165, 1.54) is 6.42 Å². The van der Waals surface area contributed by atoms with Crippen LogP contribution in [0.3, 0.4) is 0 Å². The maximum Gasteiger partial charge on any atom is 0.0101 e. The number of hydrogen-bond acceptors (Lipinski definition) is 1. The van der Waals surface area contributed by atoms with E-state index in [4.69, 9.17) is 6.42 Å². The van der Waals surface area contributed by atoms with Gasteiger partial charge in [-0.2, -0.15) is 11.8 Å². The van der Waals surface area contributed by atoms with Gasteiger partial charge in [0.1, 0.15) is 0 Å². The van der Waals surface area contributed by atoms with Crippen molar-refractivity contribution in [2.24, 2.45) is 0 Å². The molecule has 0 rings (SSSR count). The van der Waals surface area contributed by atoms with Crippen molar-refractivity contribution >= 4 is 11.8 Å². The van der Waals surface area contributed by atoms with E-state index >= 15 is 0 Å².